The first-order chi connectivity index (χ1) is 7.42. The first-order valence-electron chi connectivity index (χ1n) is 4.86. The molecule has 3 nitrogen and oxygen atoms in total. The Labute approximate surface area is 98.7 Å². The summed E-state index contributed by atoms with van der Waals surface area (Å²) in [7, 11) is 0. The van der Waals surface area contributed by atoms with E-state index in [0.29, 0.717) is 4.88 Å². The lowest BCUT2D eigenvalue weighted by Crippen LogP contribution is -2.22. The monoisotopic (exact) mass is 238 g/mol. The van der Waals surface area contributed by atoms with Crippen LogP contribution < -0.4 is 0 Å². The second-order valence-electron chi connectivity index (χ2n) is 4.22. The molecule has 1 aromatic heterocycles. The molecule has 0 N–H and O–H groups in total. The maximum absolute atomic E-state index is 11.4. The summed E-state index contributed by atoms with van der Waals surface area (Å²) in [5.74, 6) is -0.407. The largest absolute Gasteiger partial charge is 0.457 e. The number of rotatable bonds is 3. The van der Waals surface area contributed by atoms with Gasteiger partial charge >= 0.3 is 5.97 Å². The van der Waals surface area contributed by atoms with Gasteiger partial charge in [-0.05, 0) is 43.9 Å². The molecule has 0 aliphatic carbocycles. The zero-order valence-corrected chi connectivity index (χ0v) is 10.3. The standard InChI is InChI=1S/C12H14O3S/c1-12(2,3)15-11(14)5-4-9-6-7-16-10(9)8-13/h4-8H,1-3H3. The fraction of sp³-hybridized carbons (Fsp3) is 0.333. The van der Waals surface area contributed by atoms with Crippen LogP contribution >= 0.6 is 11.3 Å². The van der Waals surface area contributed by atoms with Crippen LogP contribution in [0.5, 0.6) is 0 Å². The van der Waals surface area contributed by atoms with Crippen LogP contribution in [0.25, 0.3) is 6.08 Å². The number of carbonyl (C=O) groups excluding carboxylic acids is 2. The fourth-order valence-electron chi connectivity index (χ4n) is 1.06. The van der Waals surface area contributed by atoms with Crippen molar-refractivity contribution in [2.75, 3.05) is 0 Å². The second-order valence-corrected chi connectivity index (χ2v) is 5.17. The minimum Gasteiger partial charge on any atom is -0.457 e. The Bertz CT molecular complexity index is 410. The fourth-order valence-corrected chi connectivity index (χ4v) is 1.75. The van der Waals surface area contributed by atoms with E-state index in [-0.39, 0.29) is 0 Å². The molecule has 1 aromatic rings. The van der Waals surface area contributed by atoms with Crippen molar-refractivity contribution in [2.45, 2.75) is 26.4 Å². The van der Waals surface area contributed by atoms with Crippen LogP contribution in [0.15, 0.2) is 17.5 Å². The molecule has 0 spiro atoms. The number of hydrogen-bond donors (Lipinski definition) is 0. The summed E-state index contributed by atoms with van der Waals surface area (Å²) in [6, 6.07) is 1.79. The average molecular weight is 238 g/mol. The molecule has 0 radical (unpaired) electrons. The van der Waals surface area contributed by atoms with Crippen LogP contribution in [0, 0.1) is 0 Å². The average Bonchev–Trinajstić information content (AvgIpc) is 2.59. The zero-order valence-electron chi connectivity index (χ0n) is 9.52. The van der Waals surface area contributed by atoms with Crippen LogP contribution in [0.4, 0.5) is 0 Å². The molecule has 0 unspecified atom stereocenters. The van der Waals surface area contributed by atoms with Gasteiger partial charge in [-0.25, -0.2) is 4.79 Å². The molecule has 0 fully saturated rings. The Hall–Kier alpha value is -1.42. The van der Waals surface area contributed by atoms with Crippen molar-refractivity contribution in [3.8, 4) is 0 Å². The van der Waals surface area contributed by atoms with Gasteiger partial charge in [0.15, 0.2) is 6.29 Å². The Morgan fingerprint density at radius 2 is 2.12 bits per heavy atom. The summed E-state index contributed by atoms with van der Waals surface area (Å²) in [4.78, 5) is 22.6. The van der Waals surface area contributed by atoms with Crippen LogP contribution in [0.3, 0.4) is 0 Å². The molecule has 0 saturated carbocycles. The molecular weight excluding hydrogens is 224 g/mol. The van der Waals surface area contributed by atoms with Gasteiger partial charge in [0.2, 0.25) is 0 Å². The van der Waals surface area contributed by atoms with E-state index in [2.05, 4.69) is 0 Å². The highest BCUT2D eigenvalue weighted by Crippen LogP contribution is 2.16. The maximum Gasteiger partial charge on any atom is 0.331 e. The van der Waals surface area contributed by atoms with E-state index >= 15 is 0 Å². The van der Waals surface area contributed by atoms with Crippen LogP contribution in [-0.2, 0) is 9.53 Å². The molecule has 16 heavy (non-hydrogen) atoms. The molecular formula is C12H14O3S. The first-order valence-corrected chi connectivity index (χ1v) is 5.74. The van der Waals surface area contributed by atoms with Gasteiger partial charge in [-0.2, -0.15) is 0 Å². The van der Waals surface area contributed by atoms with Gasteiger partial charge in [0.1, 0.15) is 5.60 Å². The molecule has 4 heteroatoms. The van der Waals surface area contributed by atoms with Crippen molar-refractivity contribution in [3.05, 3.63) is 28.0 Å². The van der Waals surface area contributed by atoms with E-state index in [1.54, 1.807) is 38.3 Å². The van der Waals surface area contributed by atoms with E-state index in [9.17, 15) is 9.59 Å². The quantitative estimate of drug-likeness (QED) is 0.462. The van der Waals surface area contributed by atoms with E-state index in [0.717, 1.165) is 11.8 Å². The first kappa shape index (κ1) is 12.6. The molecule has 0 aromatic carbocycles. The summed E-state index contributed by atoms with van der Waals surface area (Å²) >= 11 is 1.34. The Morgan fingerprint density at radius 1 is 1.44 bits per heavy atom. The normalized spacial score (nSPS) is 11.7. The summed E-state index contributed by atoms with van der Waals surface area (Å²) in [5.41, 5.74) is 0.245. The SMILES string of the molecule is CC(C)(C)OC(=O)C=Cc1ccsc1C=O. The topological polar surface area (TPSA) is 43.4 Å². The highest BCUT2D eigenvalue weighted by molar-refractivity contribution is 7.11. The van der Waals surface area contributed by atoms with Crippen molar-refractivity contribution in [3.63, 3.8) is 0 Å². The lowest BCUT2D eigenvalue weighted by atomic mass is 10.2. The summed E-state index contributed by atoms with van der Waals surface area (Å²) in [6.45, 7) is 5.42. The lowest BCUT2D eigenvalue weighted by Gasteiger charge is -2.17. The molecule has 0 saturated heterocycles. The number of carbonyl (C=O) groups is 2. The van der Waals surface area contributed by atoms with Gasteiger partial charge in [0.25, 0.3) is 0 Å². The Morgan fingerprint density at radius 3 is 2.69 bits per heavy atom. The Balaban J connectivity index is 2.67. The summed E-state index contributed by atoms with van der Waals surface area (Å²) < 4.78 is 5.10. The molecule has 1 heterocycles. The predicted molar refractivity (Wildman–Crippen MR) is 64.6 cm³/mol. The number of thiophene rings is 1. The maximum atomic E-state index is 11.4. The van der Waals surface area contributed by atoms with Crippen molar-refractivity contribution >= 4 is 29.7 Å². The lowest BCUT2D eigenvalue weighted by molar-refractivity contribution is -0.148. The molecule has 1 rings (SSSR count). The second kappa shape index (κ2) is 5.07. The molecule has 0 bridgehead atoms. The third-order valence-electron chi connectivity index (χ3n) is 1.64. The van der Waals surface area contributed by atoms with Gasteiger partial charge in [-0.3, -0.25) is 4.79 Å². The highest BCUT2D eigenvalue weighted by Gasteiger charge is 2.13. The van der Waals surface area contributed by atoms with Gasteiger partial charge in [-0.15, -0.1) is 11.3 Å². The van der Waals surface area contributed by atoms with Crippen molar-refractivity contribution in [1.29, 1.82) is 0 Å². The van der Waals surface area contributed by atoms with Crippen LogP contribution in [0.2, 0.25) is 0 Å². The van der Waals surface area contributed by atoms with Crippen molar-refractivity contribution < 1.29 is 14.3 Å². The van der Waals surface area contributed by atoms with Crippen molar-refractivity contribution in [1.82, 2.24) is 0 Å². The van der Waals surface area contributed by atoms with E-state index in [1.807, 2.05) is 0 Å². The van der Waals surface area contributed by atoms with E-state index in [1.165, 1.54) is 17.4 Å². The minimum absolute atomic E-state index is 0.407. The molecule has 0 atom stereocenters. The number of ether oxygens (including phenoxy) is 1. The summed E-state index contributed by atoms with van der Waals surface area (Å²) in [5, 5.41) is 1.80. The molecule has 86 valence electrons. The van der Waals surface area contributed by atoms with Gasteiger partial charge in [-0.1, -0.05) is 0 Å². The number of aldehydes is 1. The van der Waals surface area contributed by atoms with Crippen LogP contribution in [-0.4, -0.2) is 17.9 Å². The third kappa shape index (κ3) is 3.98. The summed E-state index contributed by atoms with van der Waals surface area (Å²) in [6.07, 6.45) is 3.70. The van der Waals surface area contributed by atoms with Gasteiger partial charge < -0.3 is 4.74 Å². The third-order valence-corrected chi connectivity index (χ3v) is 2.50. The molecule has 0 aliphatic heterocycles. The number of esters is 1. The zero-order chi connectivity index (χ0) is 12.2. The van der Waals surface area contributed by atoms with Gasteiger partial charge in [0.05, 0.1) is 4.88 Å². The molecule has 0 aliphatic rings. The minimum atomic E-state index is -0.496. The molecule has 0 amide bonds. The predicted octanol–water partition coefficient (Wildman–Crippen LogP) is 2.92. The van der Waals surface area contributed by atoms with Crippen molar-refractivity contribution in [2.24, 2.45) is 0 Å². The smallest absolute Gasteiger partial charge is 0.331 e. The number of hydrogen-bond acceptors (Lipinski definition) is 4. The van der Waals surface area contributed by atoms with E-state index < -0.39 is 11.6 Å². The van der Waals surface area contributed by atoms with E-state index in [4.69, 9.17) is 4.74 Å². The van der Waals surface area contributed by atoms with Gasteiger partial charge in [0, 0.05) is 6.08 Å². The highest BCUT2D eigenvalue weighted by atomic mass is 32.1. The van der Waals surface area contributed by atoms with Crippen LogP contribution in [0.1, 0.15) is 36.0 Å². The Kier molecular flexibility index (Phi) is 4.01.